The predicted octanol–water partition coefficient (Wildman–Crippen LogP) is 3.21. The largest absolute Gasteiger partial charge is 0.445 e. The zero-order valence-electron chi connectivity index (χ0n) is 10.8. The van der Waals surface area contributed by atoms with Gasteiger partial charge in [0.2, 0.25) is 0 Å². The highest BCUT2D eigenvalue weighted by molar-refractivity contribution is 5.26. The van der Waals surface area contributed by atoms with Crippen LogP contribution in [0.15, 0.2) is 34.9 Å². The molecule has 2 rings (SSSR count). The second-order valence-electron chi connectivity index (χ2n) is 4.64. The molecule has 0 fully saturated rings. The average molecular weight is 285 g/mol. The first kappa shape index (κ1) is 14.6. The summed E-state index contributed by atoms with van der Waals surface area (Å²) in [6.07, 6.45) is -2.66. The lowest BCUT2D eigenvalue weighted by molar-refractivity contribution is -0.137. The SMILES string of the molecule is CC(O)Cc1cnc(Cc2ccc(C(F)(F)F)cc2)o1. The van der Waals surface area contributed by atoms with Crippen molar-refractivity contribution in [3.8, 4) is 0 Å². The molecule has 2 aromatic rings. The van der Waals surface area contributed by atoms with Crippen molar-refractivity contribution in [3.05, 3.63) is 53.2 Å². The number of alkyl halides is 3. The van der Waals surface area contributed by atoms with E-state index < -0.39 is 17.8 Å². The Morgan fingerprint density at radius 1 is 1.25 bits per heavy atom. The number of hydrogen-bond acceptors (Lipinski definition) is 3. The Morgan fingerprint density at radius 3 is 2.45 bits per heavy atom. The van der Waals surface area contributed by atoms with Gasteiger partial charge in [-0.15, -0.1) is 0 Å². The van der Waals surface area contributed by atoms with Crippen LogP contribution in [0.4, 0.5) is 13.2 Å². The second kappa shape index (κ2) is 5.66. The van der Waals surface area contributed by atoms with Gasteiger partial charge in [-0.1, -0.05) is 12.1 Å². The molecule has 1 aromatic heterocycles. The molecule has 108 valence electrons. The van der Waals surface area contributed by atoms with E-state index >= 15 is 0 Å². The fourth-order valence-electron chi connectivity index (χ4n) is 1.80. The summed E-state index contributed by atoms with van der Waals surface area (Å²) in [7, 11) is 0. The zero-order valence-corrected chi connectivity index (χ0v) is 10.8. The molecule has 0 aliphatic heterocycles. The number of benzene rings is 1. The van der Waals surface area contributed by atoms with Crippen molar-refractivity contribution >= 4 is 0 Å². The Balaban J connectivity index is 2.05. The van der Waals surface area contributed by atoms with Gasteiger partial charge in [0.25, 0.3) is 0 Å². The van der Waals surface area contributed by atoms with Crippen molar-refractivity contribution in [2.24, 2.45) is 0 Å². The summed E-state index contributed by atoms with van der Waals surface area (Å²) in [5.74, 6) is 0.974. The summed E-state index contributed by atoms with van der Waals surface area (Å²) in [4.78, 5) is 4.04. The first-order valence-corrected chi connectivity index (χ1v) is 6.12. The molecular formula is C14H14F3NO2. The molecule has 1 heterocycles. The van der Waals surface area contributed by atoms with E-state index in [0.717, 1.165) is 12.1 Å². The summed E-state index contributed by atoms with van der Waals surface area (Å²) in [6, 6.07) is 4.88. The number of halogens is 3. The average Bonchev–Trinajstić information content (AvgIpc) is 2.75. The van der Waals surface area contributed by atoms with Crippen molar-refractivity contribution in [1.29, 1.82) is 0 Å². The molecule has 0 amide bonds. The van der Waals surface area contributed by atoms with Crippen LogP contribution in [0.2, 0.25) is 0 Å². The summed E-state index contributed by atoms with van der Waals surface area (Å²) in [5, 5.41) is 9.22. The van der Waals surface area contributed by atoms with E-state index in [-0.39, 0.29) is 0 Å². The van der Waals surface area contributed by atoms with Crippen LogP contribution < -0.4 is 0 Å². The molecule has 0 radical (unpaired) electrons. The zero-order chi connectivity index (χ0) is 14.8. The maximum atomic E-state index is 12.4. The summed E-state index contributed by atoms with van der Waals surface area (Å²) < 4.78 is 42.7. The van der Waals surface area contributed by atoms with Crippen LogP contribution in [0, 0.1) is 0 Å². The molecule has 3 nitrogen and oxygen atoms in total. The Bertz CT molecular complexity index is 559. The topological polar surface area (TPSA) is 46.3 Å². The van der Waals surface area contributed by atoms with Crippen LogP contribution in [0.3, 0.4) is 0 Å². The maximum absolute atomic E-state index is 12.4. The van der Waals surface area contributed by atoms with E-state index in [0.29, 0.717) is 30.1 Å². The summed E-state index contributed by atoms with van der Waals surface area (Å²) in [5.41, 5.74) is 0.00638. The molecule has 0 bridgehead atoms. The lowest BCUT2D eigenvalue weighted by atomic mass is 10.1. The number of aliphatic hydroxyl groups excluding tert-OH is 1. The van der Waals surface area contributed by atoms with Crippen LogP contribution >= 0.6 is 0 Å². The minimum atomic E-state index is -4.33. The quantitative estimate of drug-likeness (QED) is 0.938. The molecule has 6 heteroatoms. The Morgan fingerprint density at radius 2 is 1.90 bits per heavy atom. The van der Waals surface area contributed by atoms with Crippen LogP contribution in [-0.4, -0.2) is 16.2 Å². The van der Waals surface area contributed by atoms with Crippen LogP contribution in [0.25, 0.3) is 0 Å². The molecule has 1 unspecified atom stereocenters. The predicted molar refractivity (Wildman–Crippen MR) is 66.1 cm³/mol. The standard InChI is InChI=1S/C14H14F3NO2/c1-9(19)6-12-8-18-13(20-12)7-10-2-4-11(5-3-10)14(15,16)17/h2-5,8-9,19H,6-7H2,1H3. The molecule has 0 spiro atoms. The first-order chi connectivity index (χ1) is 9.34. The van der Waals surface area contributed by atoms with E-state index in [1.807, 2.05) is 0 Å². The van der Waals surface area contributed by atoms with Gasteiger partial charge in [-0.25, -0.2) is 4.98 Å². The third kappa shape index (κ3) is 3.84. The van der Waals surface area contributed by atoms with E-state index in [2.05, 4.69) is 4.98 Å². The van der Waals surface area contributed by atoms with Crippen LogP contribution in [-0.2, 0) is 19.0 Å². The smallest absolute Gasteiger partial charge is 0.416 e. The molecule has 1 N–H and O–H groups in total. The second-order valence-corrected chi connectivity index (χ2v) is 4.64. The Labute approximate surface area is 114 Å². The van der Waals surface area contributed by atoms with Crippen molar-refractivity contribution in [2.75, 3.05) is 0 Å². The third-order valence-corrected chi connectivity index (χ3v) is 2.73. The summed E-state index contributed by atoms with van der Waals surface area (Å²) in [6.45, 7) is 1.64. The third-order valence-electron chi connectivity index (χ3n) is 2.73. The van der Waals surface area contributed by atoms with E-state index in [9.17, 15) is 18.3 Å². The van der Waals surface area contributed by atoms with Gasteiger partial charge in [0.05, 0.1) is 17.9 Å². The minimum absolute atomic E-state index is 0.317. The highest BCUT2D eigenvalue weighted by Crippen LogP contribution is 2.29. The number of aromatic nitrogens is 1. The van der Waals surface area contributed by atoms with Gasteiger partial charge in [0, 0.05) is 12.8 Å². The number of aliphatic hydroxyl groups is 1. The van der Waals surface area contributed by atoms with Gasteiger partial charge in [-0.2, -0.15) is 13.2 Å². The van der Waals surface area contributed by atoms with Gasteiger partial charge < -0.3 is 9.52 Å². The monoisotopic (exact) mass is 285 g/mol. The first-order valence-electron chi connectivity index (χ1n) is 6.12. The molecule has 1 atom stereocenters. The number of hydrogen-bond donors (Lipinski definition) is 1. The fraction of sp³-hybridized carbons (Fsp3) is 0.357. The number of rotatable bonds is 4. The molecular weight excluding hydrogens is 271 g/mol. The van der Waals surface area contributed by atoms with Crippen molar-refractivity contribution < 1.29 is 22.7 Å². The van der Waals surface area contributed by atoms with E-state index in [4.69, 9.17) is 4.42 Å². The lowest BCUT2D eigenvalue weighted by Crippen LogP contribution is -2.04. The molecule has 0 saturated heterocycles. The van der Waals surface area contributed by atoms with E-state index in [1.54, 1.807) is 6.92 Å². The molecule has 0 aliphatic carbocycles. The van der Waals surface area contributed by atoms with Gasteiger partial charge >= 0.3 is 6.18 Å². The van der Waals surface area contributed by atoms with Gasteiger partial charge in [0.15, 0.2) is 5.89 Å². The molecule has 0 saturated carbocycles. The Hall–Kier alpha value is -1.82. The lowest BCUT2D eigenvalue weighted by Gasteiger charge is -2.06. The minimum Gasteiger partial charge on any atom is -0.445 e. The van der Waals surface area contributed by atoms with Crippen molar-refractivity contribution in [3.63, 3.8) is 0 Å². The Kier molecular flexibility index (Phi) is 4.13. The maximum Gasteiger partial charge on any atom is 0.416 e. The fourth-order valence-corrected chi connectivity index (χ4v) is 1.80. The highest BCUT2D eigenvalue weighted by Gasteiger charge is 2.29. The summed E-state index contributed by atoms with van der Waals surface area (Å²) >= 11 is 0. The van der Waals surface area contributed by atoms with Gasteiger partial charge in [-0.05, 0) is 24.6 Å². The van der Waals surface area contributed by atoms with Crippen molar-refractivity contribution in [2.45, 2.75) is 32.0 Å². The highest BCUT2D eigenvalue weighted by atomic mass is 19.4. The normalized spacial score (nSPS) is 13.4. The van der Waals surface area contributed by atoms with Crippen LogP contribution in [0.1, 0.15) is 29.7 Å². The molecule has 0 aliphatic rings. The van der Waals surface area contributed by atoms with Crippen LogP contribution in [0.5, 0.6) is 0 Å². The number of nitrogens with zero attached hydrogens (tertiary/aromatic N) is 1. The molecule has 1 aromatic carbocycles. The number of oxazole rings is 1. The molecule has 20 heavy (non-hydrogen) atoms. The van der Waals surface area contributed by atoms with Gasteiger partial charge in [-0.3, -0.25) is 0 Å². The van der Waals surface area contributed by atoms with E-state index in [1.165, 1.54) is 18.3 Å². The van der Waals surface area contributed by atoms with Gasteiger partial charge in [0.1, 0.15) is 5.76 Å². The van der Waals surface area contributed by atoms with Crippen molar-refractivity contribution in [1.82, 2.24) is 4.98 Å².